The number of aromatic nitrogens is 1. The number of rotatable bonds is 2. The molecule has 3 nitrogen and oxygen atoms in total. The first-order valence-electron chi connectivity index (χ1n) is 5.42. The van der Waals surface area contributed by atoms with Crippen LogP contribution in [0.15, 0.2) is 36.5 Å². The molecule has 7 heteroatoms. The van der Waals surface area contributed by atoms with Gasteiger partial charge in [0.1, 0.15) is 11.5 Å². The van der Waals surface area contributed by atoms with E-state index in [4.69, 9.17) is 5.73 Å². The fourth-order valence-corrected chi connectivity index (χ4v) is 1.57. The van der Waals surface area contributed by atoms with E-state index in [1.54, 1.807) is 0 Å². The van der Waals surface area contributed by atoms with Crippen LogP contribution in [0, 0.1) is 5.82 Å². The second-order valence-corrected chi connectivity index (χ2v) is 4.00. The Bertz CT molecular complexity index is 650. The van der Waals surface area contributed by atoms with Gasteiger partial charge in [-0.05, 0) is 24.3 Å². The van der Waals surface area contributed by atoms with Crippen LogP contribution < -0.4 is 5.73 Å². The summed E-state index contributed by atoms with van der Waals surface area (Å²) in [6.45, 7) is 0. The van der Waals surface area contributed by atoms with Crippen molar-refractivity contribution in [3.63, 3.8) is 0 Å². The van der Waals surface area contributed by atoms with E-state index in [1.807, 2.05) is 0 Å². The molecule has 0 atom stereocenters. The summed E-state index contributed by atoms with van der Waals surface area (Å²) in [5.74, 6) is -2.18. The highest BCUT2D eigenvalue weighted by Gasteiger charge is 2.34. The normalized spacial score (nSPS) is 11.4. The van der Waals surface area contributed by atoms with E-state index in [1.165, 1.54) is 18.3 Å². The lowest BCUT2D eigenvalue weighted by Crippen LogP contribution is -2.10. The number of hydrogen-bond donors (Lipinski definition) is 1. The summed E-state index contributed by atoms with van der Waals surface area (Å²) in [4.78, 5) is 15.7. The molecule has 0 saturated carbocycles. The third kappa shape index (κ3) is 2.76. The standard InChI is InChI=1S/C13H8F4N2O/c14-10-5-7(1-3-9(10)13(15,16)17)12(20)11-4-2-8(18)6-19-11/h1-6H,18H2. The quantitative estimate of drug-likeness (QED) is 0.681. The number of hydrogen-bond acceptors (Lipinski definition) is 3. The lowest BCUT2D eigenvalue weighted by Gasteiger charge is -2.08. The van der Waals surface area contributed by atoms with Gasteiger partial charge in [-0.3, -0.25) is 9.78 Å². The molecule has 2 N–H and O–H groups in total. The van der Waals surface area contributed by atoms with Gasteiger partial charge in [-0.15, -0.1) is 0 Å². The van der Waals surface area contributed by atoms with Gasteiger partial charge < -0.3 is 5.73 Å². The van der Waals surface area contributed by atoms with Gasteiger partial charge in [-0.25, -0.2) is 4.39 Å². The second-order valence-electron chi connectivity index (χ2n) is 4.00. The molecule has 0 saturated heterocycles. The smallest absolute Gasteiger partial charge is 0.397 e. The van der Waals surface area contributed by atoms with Gasteiger partial charge in [-0.2, -0.15) is 13.2 Å². The Hall–Kier alpha value is -2.44. The molecule has 1 aromatic heterocycles. The molecule has 0 radical (unpaired) electrons. The van der Waals surface area contributed by atoms with Crippen LogP contribution in [0.2, 0.25) is 0 Å². The van der Waals surface area contributed by atoms with Gasteiger partial charge in [0.25, 0.3) is 0 Å². The lowest BCUT2D eigenvalue weighted by atomic mass is 10.0. The number of nitrogens with two attached hydrogens (primary N) is 1. The van der Waals surface area contributed by atoms with E-state index in [0.29, 0.717) is 17.8 Å². The average Bonchev–Trinajstić information content (AvgIpc) is 2.37. The number of anilines is 1. The molecule has 0 aliphatic rings. The van der Waals surface area contributed by atoms with Crippen molar-refractivity contribution in [2.45, 2.75) is 6.18 Å². The molecule has 0 aliphatic heterocycles. The second kappa shape index (κ2) is 4.92. The summed E-state index contributed by atoms with van der Waals surface area (Å²) in [6.07, 6.45) is -3.57. The van der Waals surface area contributed by atoms with Crippen molar-refractivity contribution >= 4 is 11.5 Å². The van der Waals surface area contributed by atoms with E-state index in [0.717, 1.165) is 6.07 Å². The summed E-state index contributed by atoms with van der Waals surface area (Å²) in [7, 11) is 0. The van der Waals surface area contributed by atoms with Crippen LogP contribution in [0.25, 0.3) is 0 Å². The molecular formula is C13H8F4N2O. The first-order chi connectivity index (χ1) is 9.29. The largest absolute Gasteiger partial charge is 0.419 e. The van der Waals surface area contributed by atoms with Crippen molar-refractivity contribution in [1.82, 2.24) is 4.98 Å². The third-order valence-electron chi connectivity index (χ3n) is 2.56. The highest BCUT2D eigenvalue weighted by Crippen LogP contribution is 2.31. The highest BCUT2D eigenvalue weighted by atomic mass is 19.4. The van der Waals surface area contributed by atoms with Crippen LogP contribution in [0.3, 0.4) is 0 Å². The van der Waals surface area contributed by atoms with Crippen molar-refractivity contribution in [3.8, 4) is 0 Å². The average molecular weight is 284 g/mol. The van der Waals surface area contributed by atoms with Crippen molar-refractivity contribution in [1.29, 1.82) is 0 Å². The molecule has 20 heavy (non-hydrogen) atoms. The van der Waals surface area contributed by atoms with E-state index < -0.39 is 23.3 Å². The minimum absolute atomic E-state index is 0.0293. The monoisotopic (exact) mass is 284 g/mol. The zero-order chi connectivity index (χ0) is 14.9. The Morgan fingerprint density at radius 3 is 2.35 bits per heavy atom. The topological polar surface area (TPSA) is 56.0 Å². The molecule has 0 bridgehead atoms. The van der Waals surface area contributed by atoms with Crippen molar-refractivity contribution in [3.05, 3.63) is 59.2 Å². The number of alkyl halides is 3. The minimum atomic E-state index is -4.80. The van der Waals surface area contributed by atoms with Crippen LogP contribution in [-0.2, 0) is 6.18 Å². The van der Waals surface area contributed by atoms with Gasteiger partial charge in [-0.1, -0.05) is 6.07 Å². The van der Waals surface area contributed by atoms with Crippen molar-refractivity contribution in [2.24, 2.45) is 0 Å². The van der Waals surface area contributed by atoms with Crippen LogP contribution in [0.1, 0.15) is 21.6 Å². The molecule has 0 aliphatic carbocycles. The fourth-order valence-electron chi connectivity index (χ4n) is 1.57. The summed E-state index contributed by atoms with van der Waals surface area (Å²) < 4.78 is 50.6. The third-order valence-corrected chi connectivity index (χ3v) is 2.56. The van der Waals surface area contributed by atoms with Crippen LogP contribution >= 0.6 is 0 Å². The Morgan fingerprint density at radius 1 is 1.15 bits per heavy atom. The molecule has 104 valence electrons. The molecule has 0 amide bonds. The predicted octanol–water partition coefficient (Wildman–Crippen LogP) is 3.05. The maximum atomic E-state index is 13.4. The molecule has 1 aromatic carbocycles. The molecule has 0 spiro atoms. The summed E-state index contributed by atoms with van der Waals surface area (Å²) in [5.41, 5.74) is 4.07. The number of halogens is 4. The van der Waals surface area contributed by atoms with Gasteiger partial charge in [0.05, 0.1) is 17.4 Å². The molecule has 2 aromatic rings. The fraction of sp³-hybridized carbons (Fsp3) is 0.0769. The van der Waals surface area contributed by atoms with Crippen LogP contribution in [-0.4, -0.2) is 10.8 Å². The number of nitrogen functional groups attached to an aromatic ring is 1. The zero-order valence-electron chi connectivity index (χ0n) is 9.91. The van der Waals surface area contributed by atoms with Gasteiger partial charge in [0, 0.05) is 5.56 Å². The number of pyridine rings is 1. The Labute approximate surface area is 111 Å². The minimum Gasteiger partial charge on any atom is -0.397 e. The van der Waals surface area contributed by atoms with Gasteiger partial charge >= 0.3 is 6.18 Å². The summed E-state index contributed by atoms with van der Waals surface area (Å²) in [5, 5.41) is 0. The first-order valence-corrected chi connectivity index (χ1v) is 5.42. The summed E-state index contributed by atoms with van der Waals surface area (Å²) in [6, 6.07) is 4.71. The molecular weight excluding hydrogens is 276 g/mol. The zero-order valence-corrected chi connectivity index (χ0v) is 9.91. The van der Waals surface area contributed by atoms with E-state index >= 15 is 0 Å². The summed E-state index contributed by atoms with van der Waals surface area (Å²) >= 11 is 0. The maximum Gasteiger partial charge on any atom is 0.419 e. The van der Waals surface area contributed by atoms with E-state index in [2.05, 4.69) is 4.98 Å². The lowest BCUT2D eigenvalue weighted by molar-refractivity contribution is -0.140. The van der Waals surface area contributed by atoms with Crippen molar-refractivity contribution in [2.75, 3.05) is 5.73 Å². The van der Waals surface area contributed by atoms with Gasteiger partial charge in [0.2, 0.25) is 5.78 Å². The van der Waals surface area contributed by atoms with Gasteiger partial charge in [0.15, 0.2) is 0 Å². The Morgan fingerprint density at radius 2 is 1.85 bits per heavy atom. The molecule has 0 fully saturated rings. The molecule has 0 unspecified atom stereocenters. The maximum absolute atomic E-state index is 13.4. The number of carbonyl (C=O) groups is 1. The number of nitrogens with zero attached hydrogens (tertiary/aromatic N) is 1. The van der Waals surface area contributed by atoms with Crippen molar-refractivity contribution < 1.29 is 22.4 Å². The van der Waals surface area contributed by atoms with E-state index in [-0.39, 0.29) is 11.3 Å². The van der Waals surface area contributed by atoms with Crippen LogP contribution in [0.5, 0.6) is 0 Å². The number of carbonyl (C=O) groups excluding carboxylic acids is 1. The molecule has 1 heterocycles. The Balaban J connectivity index is 2.37. The van der Waals surface area contributed by atoms with E-state index in [9.17, 15) is 22.4 Å². The Kier molecular flexibility index (Phi) is 3.44. The first kappa shape index (κ1) is 14.0. The van der Waals surface area contributed by atoms with Crippen LogP contribution in [0.4, 0.5) is 23.2 Å². The predicted molar refractivity (Wildman–Crippen MR) is 63.5 cm³/mol. The SMILES string of the molecule is Nc1ccc(C(=O)c2ccc(C(F)(F)F)c(F)c2)nc1. The highest BCUT2D eigenvalue weighted by molar-refractivity contribution is 6.07. The number of benzene rings is 1. The molecule has 2 rings (SSSR count). The number of ketones is 1.